The third kappa shape index (κ3) is 7.61. The van der Waals surface area contributed by atoms with E-state index >= 15 is 0 Å². The third-order valence-corrected chi connectivity index (χ3v) is 7.96. The summed E-state index contributed by atoms with van der Waals surface area (Å²) in [6.07, 6.45) is 4.85. The number of hydrogen-bond acceptors (Lipinski definition) is 5. The van der Waals surface area contributed by atoms with Crippen molar-refractivity contribution in [1.29, 1.82) is 0 Å². The molecule has 4 rings (SSSR count). The van der Waals surface area contributed by atoms with Crippen LogP contribution in [0.2, 0.25) is 0 Å². The summed E-state index contributed by atoms with van der Waals surface area (Å²) in [5, 5.41) is 12.9. The van der Waals surface area contributed by atoms with Crippen molar-refractivity contribution in [3.63, 3.8) is 0 Å². The quantitative estimate of drug-likeness (QED) is 0.282. The lowest BCUT2D eigenvalue weighted by Gasteiger charge is -2.34. The fraction of sp³-hybridized carbons (Fsp3) is 0.609. The van der Waals surface area contributed by atoms with E-state index in [0.29, 0.717) is 12.0 Å². The van der Waals surface area contributed by atoms with Gasteiger partial charge in [0.1, 0.15) is 0 Å². The molecule has 2 aromatic rings. The lowest BCUT2D eigenvalue weighted by Crippen LogP contribution is -2.48. The highest BCUT2D eigenvalue weighted by atomic mass is 127. The zero-order valence-corrected chi connectivity index (χ0v) is 22.4. The Hall–Kier alpha value is -0.840. The summed E-state index contributed by atoms with van der Waals surface area (Å²) < 4.78 is 0. The number of guanidine groups is 1. The Kier molecular flexibility index (Phi) is 10.4. The largest absolute Gasteiger partial charge is 0.363 e. The van der Waals surface area contributed by atoms with Crippen LogP contribution in [-0.2, 0) is 6.54 Å². The minimum atomic E-state index is 0. The maximum atomic E-state index is 4.97. The van der Waals surface area contributed by atoms with Gasteiger partial charge in [-0.25, -0.2) is 0 Å². The molecule has 2 fully saturated rings. The Morgan fingerprint density at radius 2 is 1.77 bits per heavy atom. The molecule has 2 N–H and O–H groups in total. The molecule has 2 saturated heterocycles. The highest BCUT2D eigenvalue weighted by Gasteiger charge is 2.22. The SMILES string of the molecule is CCNC(=NCC1CCN(Cc2cccs2)CC1)NC1CCN(c2cccs2)CC1.I. The highest BCUT2D eigenvalue weighted by molar-refractivity contribution is 14.0. The molecule has 0 saturated carbocycles. The van der Waals surface area contributed by atoms with Gasteiger partial charge in [-0.3, -0.25) is 9.89 Å². The third-order valence-electron chi connectivity index (χ3n) is 6.17. The first-order valence-corrected chi connectivity index (χ1v) is 13.1. The van der Waals surface area contributed by atoms with Gasteiger partial charge in [0.25, 0.3) is 0 Å². The molecule has 2 aliphatic heterocycles. The smallest absolute Gasteiger partial charge is 0.191 e. The molecule has 2 aliphatic rings. The predicted octanol–water partition coefficient (Wildman–Crippen LogP) is 4.86. The van der Waals surface area contributed by atoms with Crippen molar-refractivity contribution in [2.45, 2.75) is 45.2 Å². The molecule has 0 spiro atoms. The average Bonchev–Trinajstić information content (AvgIpc) is 3.48. The minimum absolute atomic E-state index is 0. The van der Waals surface area contributed by atoms with Gasteiger partial charge < -0.3 is 15.5 Å². The standard InChI is InChI=1S/C23H35N5S2.HI/c1-2-24-23(26-20-9-13-28(14-10-20)22-6-4-16-30-22)25-17-19-7-11-27(12-8-19)18-21-5-3-15-29-21;/h3-6,15-16,19-20H,2,7-14,17-18H2,1H3,(H2,24,25,26);1H. The van der Waals surface area contributed by atoms with Crippen LogP contribution in [0.15, 0.2) is 40.0 Å². The molecule has 8 heteroatoms. The van der Waals surface area contributed by atoms with Crippen LogP contribution in [0.25, 0.3) is 0 Å². The summed E-state index contributed by atoms with van der Waals surface area (Å²) in [6.45, 7) is 9.77. The number of thiophene rings is 2. The maximum absolute atomic E-state index is 4.97. The molecule has 5 nitrogen and oxygen atoms in total. The minimum Gasteiger partial charge on any atom is -0.363 e. The number of likely N-dealkylation sites (tertiary alicyclic amines) is 1. The first-order chi connectivity index (χ1) is 14.8. The number of nitrogens with zero attached hydrogens (tertiary/aromatic N) is 3. The van der Waals surface area contributed by atoms with Crippen LogP contribution in [0, 0.1) is 5.92 Å². The van der Waals surface area contributed by atoms with Crippen molar-refractivity contribution in [3.8, 4) is 0 Å². The molecule has 31 heavy (non-hydrogen) atoms. The van der Waals surface area contributed by atoms with E-state index in [9.17, 15) is 0 Å². The molecule has 0 aromatic carbocycles. The first kappa shape index (κ1) is 24.8. The molecule has 0 atom stereocenters. The van der Waals surface area contributed by atoms with Crippen LogP contribution >= 0.6 is 46.7 Å². The molecular formula is C23H36IN5S2. The summed E-state index contributed by atoms with van der Waals surface area (Å²) in [4.78, 5) is 11.6. The normalized spacial score (nSPS) is 19.3. The van der Waals surface area contributed by atoms with Crippen molar-refractivity contribution >= 4 is 57.6 Å². The summed E-state index contributed by atoms with van der Waals surface area (Å²) in [5.74, 6) is 1.72. The van der Waals surface area contributed by atoms with E-state index in [1.54, 1.807) is 0 Å². The summed E-state index contributed by atoms with van der Waals surface area (Å²) in [6, 6.07) is 9.30. The summed E-state index contributed by atoms with van der Waals surface area (Å²) in [5.41, 5.74) is 0. The number of rotatable bonds is 7. The number of piperidine rings is 2. The fourth-order valence-electron chi connectivity index (χ4n) is 4.38. The second-order valence-electron chi connectivity index (χ2n) is 8.38. The molecule has 0 bridgehead atoms. The van der Waals surface area contributed by atoms with Crippen LogP contribution in [0.3, 0.4) is 0 Å². The molecular weight excluding hydrogens is 537 g/mol. The Labute approximate surface area is 212 Å². The topological polar surface area (TPSA) is 42.9 Å². The van der Waals surface area contributed by atoms with Crippen molar-refractivity contribution in [2.75, 3.05) is 44.2 Å². The monoisotopic (exact) mass is 573 g/mol. The van der Waals surface area contributed by atoms with Gasteiger partial charge in [0.15, 0.2) is 5.96 Å². The fourth-order valence-corrected chi connectivity index (χ4v) is 5.91. The van der Waals surface area contributed by atoms with Gasteiger partial charge in [0.2, 0.25) is 0 Å². The molecule has 0 amide bonds. The number of halogens is 1. The molecule has 172 valence electrons. The van der Waals surface area contributed by atoms with E-state index < -0.39 is 0 Å². The van der Waals surface area contributed by atoms with Gasteiger partial charge in [-0.2, -0.15) is 0 Å². The van der Waals surface area contributed by atoms with E-state index in [1.165, 1.54) is 48.7 Å². The summed E-state index contributed by atoms with van der Waals surface area (Å²) in [7, 11) is 0. The molecule has 0 unspecified atom stereocenters. The highest BCUT2D eigenvalue weighted by Crippen LogP contribution is 2.25. The number of nitrogens with one attached hydrogen (secondary N) is 2. The zero-order chi connectivity index (χ0) is 20.6. The second kappa shape index (κ2) is 13.0. The average molecular weight is 574 g/mol. The van der Waals surface area contributed by atoms with Crippen molar-refractivity contribution in [3.05, 3.63) is 39.9 Å². The molecule has 0 radical (unpaired) electrons. The van der Waals surface area contributed by atoms with Gasteiger partial charge in [0.05, 0.1) is 5.00 Å². The van der Waals surface area contributed by atoms with Crippen LogP contribution in [-0.4, -0.2) is 56.2 Å². The van der Waals surface area contributed by atoms with Gasteiger partial charge in [-0.05, 0) is 80.6 Å². The molecule has 2 aromatic heterocycles. The summed E-state index contributed by atoms with van der Waals surface area (Å²) >= 11 is 3.71. The van der Waals surface area contributed by atoms with E-state index in [2.05, 4.69) is 62.4 Å². The number of hydrogen-bond donors (Lipinski definition) is 2. The van der Waals surface area contributed by atoms with Crippen LogP contribution in [0.5, 0.6) is 0 Å². The van der Waals surface area contributed by atoms with Crippen LogP contribution in [0.1, 0.15) is 37.5 Å². The van der Waals surface area contributed by atoms with Gasteiger partial charge in [-0.1, -0.05) is 6.07 Å². The van der Waals surface area contributed by atoms with Gasteiger partial charge in [-0.15, -0.1) is 46.7 Å². The lowest BCUT2D eigenvalue weighted by molar-refractivity contribution is 0.182. The van der Waals surface area contributed by atoms with Gasteiger partial charge in [0, 0.05) is 43.6 Å². The number of anilines is 1. The van der Waals surface area contributed by atoms with Crippen LogP contribution in [0.4, 0.5) is 5.00 Å². The van der Waals surface area contributed by atoms with Crippen molar-refractivity contribution in [2.24, 2.45) is 10.9 Å². The van der Waals surface area contributed by atoms with Crippen LogP contribution < -0.4 is 15.5 Å². The van der Waals surface area contributed by atoms with E-state index in [-0.39, 0.29) is 24.0 Å². The Morgan fingerprint density at radius 1 is 1.03 bits per heavy atom. The Morgan fingerprint density at radius 3 is 2.42 bits per heavy atom. The van der Waals surface area contributed by atoms with Crippen molar-refractivity contribution in [1.82, 2.24) is 15.5 Å². The Balaban J connectivity index is 0.00000272. The maximum Gasteiger partial charge on any atom is 0.191 e. The lowest BCUT2D eigenvalue weighted by atomic mass is 9.97. The van der Waals surface area contributed by atoms with Gasteiger partial charge >= 0.3 is 0 Å². The zero-order valence-electron chi connectivity index (χ0n) is 18.5. The predicted molar refractivity (Wildman–Crippen MR) is 146 cm³/mol. The molecule has 4 heterocycles. The molecule has 0 aliphatic carbocycles. The van der Waals surface area contributed by atoms with E-state index in [4.69, 9.17) is 4.99 Å². The van der Waals surface area contributed by atoms with E-state index in [0.717, 1.165) is 38.7 Å². The van der Waals surface area contributed by atoms with Crippen molar-refractivity contribution < 1.29 is 0 Å². The second-order valence-corrected chi connectivity index (χ2v) is 10.3. The Bertz CT molecular complexity index is 749. The van der Waals surface area contributed by atoms with E-state index in [1.807, 2.05) is 22.7 Å². The first-order valence-electron chi connectivity index (χ1n) is 11.4. The number of aliphatic imine (C=N–C) groups is 1.